The number of hydrogen-bond acceptors (Lipinski definition) is 0. The minimum absolute atomic E-state index is 0.349. The number of aryl methyl sites for hydroxylation is 2. The van der Waals surface area contributed by atoms with Crippen molar-refractivity contribution in [3.8, 4) is 0 Å². The van der Waals surface area contributed by atoms with Gasteiger partial charge in [-0.25, -0.2) is 0 Å². The molecular formula is C31H40. The zero-order valence-electron chi connectivity index (χ0n) is 20.1. The Bertz CT molecular complexity index is 948. The zero-order valence-corrected chi connectivity index (χ0v) is 20.1. The molecule has 31 heavy (non-hydrogen) atoms. The topological polar surface area (TPSA) is 0 Å². The first-order valence-electron chi connectivity index (χ1n) is 12.4. The van der Waals surface area contributed by atoms with Crippen LogP contribution in [0.2, 0.25) is 0 Å². The van der Waals surface area contributed by atoms with Crippen LogP contribution in [0.3, 0.4) is 0 Å². The van der Waals surface area contributed by atoms with E-state index in [2.05, 4.69) is 82.8 Å². The van der Waals surface area contributed by atoms with Crippen molar-refractivity contribution in [3.05, 3.63) is 88.5 Å². The smallest absolute Gasteiger partial charge is 0.0106 e. The Morgan fingerprint density at radius 1 is 1.03 bits per heavy atom. The van der Waals surface area contributed by atoms with E-state index in [1.807, 2.05) is 0 Å². The molecule has 0 nitrogen and oxygen atoms in total. The fraction of sp³-hybridized carbons (Fsp3) is 0.484. The lowest BCUT2D eigenvalue weighted by molar-refractivity contribution is 0.186. The quantitative estimate of drug-likeness (QED) is 0.430. The average molecular weight is 413 g/mol. The Balaban J connectivity index is 1.71. The number of hydrogen-bond donors (Lipinski definition) is 0. The Kier molecular flexibility index (Phi) is 6.56. The van der Waals surface area contributed by atoms with Gasteiger partial charge >= 0.3 is 0 Å². The molecule has 1 saturated carbocycles. The second kappa shape index (κ2) is 9.19. The molecule has 4 rings (SSSR count). The fourth-order valence-corrected chi connectivity index (χ4v) is 6.22. The summed E-state index contributed by atoms with van der Waals surface area (Å²) in [6.07, 6.45) is 12.8. The molecule has 0 aliphatic heterocycles. The van der Waals surface area contributed by atoms with Crippen LogP contribution >= 0.6 is 0 Å². The maximum Gasteiger partial charge on any atom is -0.0106 e. The van der Waals surface area contributed by atoms with E-state index in [1.165, 1.54) is 68.1 Å². The first-order valence-corrected chi connectivity index (χ1v) is 12.4. The van der Waals surface area contributed by atoms with Crippen molar-refractivity contribution in [1.82, 2.24) is 0 Å². The summed E-state index contributed by atoms with van der Waals surface area (Å²) in [6.45, 7) is 13.3. The summed E-state index contributed by atoms with van der Waals surface area (Å²) in [4.78, 5) is 0. The Hall–Kier alpha value is -2.08. The predicted octanol–water partition coefficient (Wildman–Crippen LogP) is 8.97. The molecule has 0 heterocycles. The third kappa shape index (κ3) is 4.74. The summed E-state index contributed by atoms with van der Waals surface area (Å²) >= 11 is 0. The molecule has 0 heteroatoms. The second-order valence-corrected chi connectivity index (χ2v) is 10.5. The van der Waals surface area contributed by atoms with Crippen LogP contribution in [0.4, 0.5) is 0 Å². The molecule has 0 saturated heterocycles. The fourth-order valence-electron chi connectivity index (χ4n) is 6.22. The summed E-state index contributed by atoms with van der Waals surface area (Å²) in [6, 6.07) is 16.3. The van der Waals surface area contributed by atoms with E-state index in [0.29, 0.717) is 11.3 Å². The van der Waals surface area contributed by atoms with Crippen molar-refractivity contribution in [3.63, 3.8) is 0 Å². The molecule has 2 aliphatic carbocycles. The third-order valence-electron chi connectivity index (χ3n) is 8.15. The van der Waals surface area contributed by atoms with Crippen LogP contribution in [0.1, 0.15) is 92.5 Å². The first-order chi connectivity index (χ1) is 14.9. The third-order valence-corrected chi connectivity index (χ3v) is 8.15. The highest BCUT2D eigenvalue weighted by Gasteiger charge is 2.39. The van der Waals surface area contributed by atoms with Gasteiger partial charge in [-0.3, -0.25) is 0 Å². The lowest BCUT2D eigenvalue weighted by Crippen LogP contribution is -2.31. The highest BCUT2D eigenvalue weighted by molar-refractivity contribution is 5.69. The van der Waals surface area contributed by atoms with E-state index in [4.69, 9.17) is 0 Å². The van der Waals surface area contributed by atoms with Gasteiger partial charge in [-0.2, -0.15) is 0 Å². The second-order valence-electron chi connectivity index (χ2n) is 10.5. The van der Waals surface area contributed by atoms with Crippen LogP contribution in [0.15, 0.2) is 60.7 Å². The molecule has 1 fully saturated rings. The number of benzene rings is 2. The SMILES string of the molecule is C=C(C)C1CCC2(C=C(c3ccc(C)cc3)C[C@@H](c3cccc(CCC)c3C)C2)CC1. The molecule has 1 spiro atoms. The van der Waals surface area contributed by atoms with Gasteiger partial charge in [-0.05, 0) is 111 Å². The summed E-state index contributed by atoms with van der Waals surface area (Å²) in [5.41, 5.74) is 10.8. The summed E-state index contributed by atoms with van der Waals surface area (Å²) in [5, 5.41) is 0. The minimum Gasteiger partial charge on any atom is -0.0999 e. The summed E-state index contributed by atoms with van der Waals surface area (Å²) in [5.74, 6) is 1.34. The van der Waals surface area contributed by atoms with Crippen molar-refractivity contribution in [1.29, 1.82) is 0 Å². The van der Waals surface area contributed by atoms with Gasteiger partial charge in [0, 0.05) is 0 Å². The molecule has 0 radical (unpaired) electrons. The van der Waals surface area contributed by atoms with Crippen molar-refractivity contribution in [2.75, 3.05) is 0 Å². The minimum atomic E-state index is 0.349. The lowest BCUT2D eigenvalue weighted by atomic mass is 9.60. The Morgan fingerprint density at radius 2 is 1.74 bits per heavy atom. The van der Waals surface area contributed by atoms with E-state index in [9.17, 15) is 0 Å². The Morgan fingerprint density at radius 3 is 2.39 bits per heavy atom. The first kappa shape index (κ1) is 22.1. The summed E-state index contributed by atoms with van der Waals surface area (Å²) in [7, 11) is 0. The van der Waals surface area contributed by atoms with E-state index in [0.717, 1.165) is 5.92 Å². The van der Waals surface area contributed by atoms with Crippen LogP contribution < -0.4 is 0 Å². The standard InChI is InChI=1S/C31H40/c1-6-8-26-9-7-10-30(24(26)5)29-19-28(27-13-11-23(4)12-14-27)20-31(21-29)17-15-25(16-18-31)22(2)3/h7,9-14,20,25,29H,2,6,8,15-19,21H2,1,3-5H3/t25?,29-,31?/m1/s1. The van der Waals surface area contributed by atoms with Gasteiger partial charge in [0.1, 0.15) is 0 Å². The number of allylic oxidation sites excluding steroid dienone is 3. The van der Waals surface area contributed by atoms with Gasteiger partial charge in [0.2, 0.25) is 0 Å². The predicted molar refractivity (Wildman–Crippen MR) is 136 cm³/mol. The molecule has 2 aromatic rings. The molecular weight excluding hydrogens is 372 g/mol. The Labute approximate surface area is 190 Å². The van der Waals surface area contributed by atoms with Crippen molar-refractivity contribution in [2.45, 2.75) is 85.0 Å². The van der Waals surface area contributed by atoms with Crippen LogP contribution in [0.25, 0.3) is 5.57 Å². The normalized spacial score (nSPS) is 26.0. The molecule has 2 aliphatic rings. The van der Waals surface area contributed by atoms with E-state index >= 15 is 0 Å². The molecule has 0 bridgehead atoms. The van der Waals surface area contributed by atoms with Gasteiger partial charge in [-0.15, -0.1) is 0 Å². The van der Waals surface area contributed by atoms with Gasteiger partial charge in [-0.1, -0.05) is 79.6 Å². The largest absolute Gasteiger partial charge is 0.0999 e. The molecule has 0 unspecified atom stereocenters. The van der Waals surface area contributed by atoms with E-state index in [-0.39, 0.29) is 0 Å². The number of rotatable bonds is 5. The van der Waals surface area contributed by atoms with Crippen molar-refractivity contribution >= 4 is 5.57 Å². The summed E-state index contributed by atoms with van der Waals surface area (Å²) < 4.78 is 0. The van der Waals surface area contributed by atoms with Gasteiger partial charge in [0.05, 0.1) is 0 Å². The highest BCUT2D eigenvalue weighted by atomic mass is 14.4. The van der Waals surface area contributed by atoms with E-state index in [1.54, 1.807) is 22.3 Å². The van der Waals surface area contributed by atoms with Crippen molar-refractivity contribution < 1.29 is 0 Å². The van der Waals surface area contributed by atoms with Crippen LogP contribution in [-0.4, -0.2) is 0 Å². The van der Waals surface area contributed by atoms with Crippen LogP contribution in [0, 0.1) is 25.2 Å². The van der Waals surface area contributed by atoms with Crippen molar-refractivity contribution in [2.24, 2.45) is 11.3 Å². The molecule has 0 amide bonds. The van der Waals surface area contributed by atoms with Gasteiger partial charge < -0.3 is 0 Å². The molecule has 2 aromatic carbocycles. The zero-order chi connectivity index (χ0) is 22.0. The van der Waals surface area contributed by atoms with Gasteiger partial charge in [0.25, 0.3) is 0 Å². The van der Waals surface area contributed by atoms with Crippen LogP contribution in [0.5, 0.6) is 0 Å². The monoisotopic (exact) mass is 412 g/mol. The molecule has 0 aromatic heterocycles. The molecule has 1 atom stereocenters. The van der Waals surface area contributed by atoms with Crippen LogP contribution in [-0.2, 0) is 6.42 Å². The maximum atomic E-state index is 4.27. The lowest BCUT2D eigenvalue weighted by Gasteiger charge is -2.45. The highest BCUT2D eigenvalue weighted by Crippen LogP contribution is 2.54. The molecule has 164 valence electrons. The maximum absolute atomic E-state index is 4.27. The van der Waals surface area contributed by atoms with E-state index < -0.39 is 0 Å². The average Bonchev–Trinajstić information content (AvgIpc) is 2.76. The van der Waals surface area contributed by atoms with Gasteiger partial charge in [0.15, 0.2) is 0 Å². The molecule has 0 N–H and O–H groups in total.